The van der Waals surface area contributed by atoms with E-state index in [0.717, 1.165) is 12.1 Å². The van der Waals surface area contributed by atoms with Crippen LogP contribution in [-0.4, -0.2) is 19.5 Å². The highest BCUT2D eigenvalue weighted by Crippen LogP contribution is 2.36. The summed E-state index contributed by atoms with van der Waals surface area (Å²) >= 11 is 0. The number of rotatable bonds is 2. The summed E-state index contributed by atoms with van der Waals surface area (Å²) in [5.74, 6) is 0.00540. The van der Waals surface area contributed by atoms with E-state index in [1.807, 2.05) is 0 Å². The summed E-state index contributed by atoms with van der Waals surface area (Å²) in [6, 6.07) is 4.99. The molecule has 0 unspecified atom stereocenters. The molecule has 2 N–H and O–H groups in total. The van der Waals surface area contributed by atoms with Crippen LogP contribution in [0.3, 0.4) is 0 Å². The maximum absolute atomic E-state index is 13.0. The second-order valence-electron chi connectivity index (χ2n) is 5.36. The molecule has 0 saturated heterocycles. The molecule has 3 rings (SSSR count). The molecule has 0 saturated carbocycles. The molecule has 0 aliphatic rings. The third-order valence-corrected chi connectivity index (χ3v) is 3.64. The van der Waals surface area contributed by atoms with Gasteiger partial charge in [0.15, 0.2) is 0 Å². The third kappa shape index (κ3) is 2.82. The number of aromatic nitrogens is 4. The monoisotopic (exact) mass is 333 g/mol. The van der Waals surface area contributed by atoms with E-state index in [9.17, 15) is 13.2 Å². The van der Waals surface area contributed by atoms with Gasteiger partial charge in [0.25, 0.3) is 0 Å². The highest BCUT2D eigenvalue weighted by atomic mass is 19.4. The van der Waals surface area contributed by atoms with E-state index in [1.165, 1.54) is 6.07 Å². The molecule has 5 nitrogen and oxygen atoms in total. The predicted octanol–water partition coefficient (Wildman–Crippen LogP) is 3.45. The Balaban J connectivity index is 2.27. The fourth-order valence-electron chi connectivity index (χ4n) is 2.55. The van der Waals surface area contributed by atoms with Gasteiger partial charge in [-0.1, -0.05) is 12.1 Å². The maximum Gasteiger partial charge on any atom is 0.416 e. The van der Waals surface area contributed by atoms with Crippen molar-refractivity contribution in [3.05, 3.63) is 48.0 Å². The number of nitrogens with zero attached hydrogens (tertiary/aromatic N) is 4. The zero-order chi connectivity index (χ0) is 17.5. The Labute approximate surface area is 136 Å². The Hall–Kier alpha value is -2.90. The van der Waals surface area contributed by atoms with E-state index in [2.05, 4.69) is 15.0 Å². The molecule has 8 heteroatoms. The lowest BCUT2D eigenvalue weighted by molar-refractivity contribution is -0.137. The average Bonchev–Trinajstić information content (AvgIpc) is 2.91. The Morgan fingerprint density at radius 3 is 2.54 bits per heavy atom. The van der Waals surface area contributed by atoms with E-state index in [0.29, 0.717) is 28.2 Å². The fraction of sp³-hybridized carbons (Fsp3) is 0.188. The molecule has 0 aliphatic heterocycles. The minimum Gasteiger partial charge on any atom is -0.368 e. The van der Waals surface area contributed by atoms with Crippen LogP contribution < -0.4 is 5.73 Å². The number of hydrogen-bond acceptors (Lipinski definition) is 4. The summed E-state index contributed by atoms with van der Waals surface area (Å²) in [5.41, 5.74) is 7.49. The van der Waals surface area contributed by atoms with Gasteiger partial charge in [-0.3, -0.25) is 0 Å². The van der Waals surface area contributed by atoms with Crippen LogP contribution in [0.25, 0.3) is 22.5 Å². The van der Waals surface area contributed by atoms with Crippen molar-refractivity contribution < 1.29 is 13.2 Å². The lowest BCUT2D eigenvalue weighted by atomic mass is 10.0. The minimum absolute atomic E-state index is 0.00540. The first-order valence-electron chi connectivity index (χ1n) is 7.06. The van der Waals surface area contributed by atoms with Crippen molar-refractivity contribution in [3.63, 3.8) is 0 Å². The SMILES string of the molecule is Cc1nc(N)nc(-c2cccc(C(F)(F)F)c2)c1-c1cncn1C. The number of hydrogen-bond donors (Lipinski definition) is 1. The number of alkyl halides is 3. The van der Waals surface area contributed by atoms with Gasteiger partial charge in [-0.25, -0.2) is 15.0 Å². The number of nitrogen functional groups attached to an aromatic ring is 1. The number of aryl methyl sites for hydroxylation is 2. The minimum atomic E-state index is -4.43. The van der Waals surface area contributed by atoms with Gasteiger partial charge < -0.3 is 10.3 Å². The molecule has 0 radical (unpaired) electrons. The van der Waals surface area contributed by atoms with Crippen LogP contribution in [0.4, 0.5) is 19.1 Å². The molecule has 124 valence electrons. The second-order valence-corrected chi connectivity index (χ2v) is 5.36. The van der Waals surface area contributed by atoms with Crippen molar-refractivity contribution in [1.29, 1.82) is 0 Å². The summed E-state index contributed by atoms with van der Waals surface area (Å²) in [4.78, 5) is 12.4. The quantitative estimate of drug-likeness (QED) is 0.780. The summed E-state index contributed by atoms with van der Waals surface area (Å²) in [7, 11) is 1.79. The van der Waals surface area contributed by atoms with Crippen molar-refractivity contribution in [3.8, 4) is 22.5 Å². The molecule has 0 fully saturated rings. The third-order valence-electron chi connectivity index (χ3n) is 3.64. The van der Waals surface area contributed by atoms with Crippen LogP contribution in [0.2, 0.25) is 0 Å². The van der Waals surface area contributed by atoms with Gasteiger partial charge in [0.1, 0.15) is 0 Å². The van der Waals surface area contributed by atoms with Crippen LogP contribution >= 0.6 is 0 Å². The van der Waals surface area contributed by atoms with Crippen molar-refractivity contribution in [2.75, 3.05) is 5.73 Å². The van der Waals surface area contributed by atoms with Gasteiger partial charge in [0.05, 0.1) is 35.2 Å². The number of halogens is 3. The standard InChI is InChI=1S/C16H14F3N5/c1-9-13(12-7-21-8-24(12)2)14(23-15(20)22-9)10-4-3-5-11(6-10)16(17,18)19/h3-8H,1-2H3,(H2,20,22,23). The molecule has 0 amide bonds. The van der Waals surface area contributed by atoms with Crippen LogP contribution in [0.5, 0.6) is 0 Å². The molecule has 2 aromatic heterocycles. The summed E-state index contributed by atoms with van der Waals surface area (Å²) in [5, 5.41) is 0. The molecular weight excluding hydrogens is 319 g/mol. The second kappa shape index (κ2) is 5.63. The van der Waals surface area contributed by atoms with Gasteiger partial charge in [0, 0.05) is 18.2 Å². The number of imidazole rings is 1. The lowest BCUT2D eigenvalue weighted by Crippen LogP contribution is -2.07. The van der Waals surface area contributed by atoms with E-state index in [-0.39, 0.29) is 5.95 Å². The van der Waals surface area contributed by atoms with Gasteiger partial charge in [-0.2, -0.15) is 13.2 Å². The van der Waals surface area contributed by atoms with Gasteiger partial charge >= 0.3 is 6.18 Å². The normalized spacial score (nSPS) is 11.7. The summed E-state index contributed by atoms with van der Waals surface area (Å²) < 4.78 is 40.8. The number of benzene rings is 1. The van der Waals surface area contributed by atoms with E-state index in [4.69, 9.17) is 5.73 Å². The number of anilines is 1. The number of nitrogens with two attached hydrogens (primary N) is 1. The molecule has 1 aromatic carbocycles. The van der Waals surface area contributed by atoms with Crippen LogP contribution in [0, 0.1) is 6.92 Å². The molecule has 24 heavy (non-hydrogen) atoms. The Bertz CT molecular complexity index is 899. The van der Waals surface area contributed by atoms with Crippen LogP contribution in [0.1, 0.15) is 11.3 Å². The van der Waals surface area contributed by atoms with Crippen LogP contribution in [0.15, 0.2) is 36.8 Å². The fourth-order valence-corrected chi connectivity index (χ4v) is 2.55. The van der Waals surface area contributed by atoms with Crippen LogP contribution in [-0.2, 0) is 13.2 Å². The average molecular weight is 333 g/mol. The topological polar surface area (TPSA) is 69.6 Å². The predicted molar refractivity (Wildman–Crippen MR) is 83.8 cm³/mol. The highest BCUT2D eigenvalue weighted by molar-refractivity contribution is 5.81. The Morgan fingerprint density at radius 1 is 1.17 bits per heavy atom. The lowest BCUT2D eigenvalue weighted by Gasteiger charge is -2.14. The molecule has 2 heterocycles. The first kappa shape index (κ1) is 16.0. The van der Waals surface area contributed by atoms with Gasteiger partial charge in [0.2, 0.25) is 5.95 Å². The molecule has 0 bridgehead atoms. The molecule has 0 aliphatic carbocycles. The van der Waals surface area contributed by atoms with Crippen molar-refractivity contribution in [2.24, 2.45) is 7.05 Å². The summed E-state index contributed by atoms with van der Waals surface area (Å²) in [6.45, 7) is 1.73. The van der Waals surface area contributed by atoms with E-state index in [1.54, 1.807) is 37.1 Å². The largest absolute Gasteiger partial charge is 0.416 e. The summed E-state index contributed by atoms with van der Waals surface area (Å²) in [6.07, 6.45) is -1.23. The van der Waals surface area contributed by atoms with E-state index < -0.39 is 11.7 Å². The van der Waals surface area contributed by atoms with Crippen molar-refractivity contribution in [1.82, 2.24) is 19.5 Å². The zero-order valence-electron chi connectivity index (χ0n) is 13.0. The smallest absolute Gasteiger partial charge is 0.368 e. The Kier molecular flexibility index (Phi) is 3.75. The Morgan fingerprint density at radius 2 is 1.92 bits per heavy atom. The first-order valence-corrected chi connectivity index (χ1v) is 7.06. The van der Waals surface area contributed by atoms with Gasteiger partial charge in [-0.15, -0.1) is 0 Å². The van der Waals surface area contributed by atoms with E-state index >= 15 is 0 Å². The molecular formula is C16H14F3N5. The van der Waals surface area contributed by atoms with Crippen molar-refractivity contribution in [2.45, 2.75) is 13.1 Å². The molecule has 0 atom stereocenters. The maximum atomic E-state index is 13.0. The highest BCUT2D eigenvalue weighted by Gasteiger charge is 2.31. The van der Waals surface area contributed by atoms with Gasteiger partial charge in [-0.05, 0) is 19.1 Å². The zero-order valence-corrected chi connectivity index (χ0v) is 13.0. The molecule has 0 spiro atoms. The first-order chi connectivity index (χ1) is 11.3. The van der Waals surface area contributed by atoms with Crippen molar-refractivity contribution >= 4 is 5.95 Å². The molecule has 3 aromatic rings.